The lowest BCUT2D eigenvalue weighted by molar-refractivity contribution is 0.102. The number of hydrogen-bond donors (Lipinski definition) is 2. The van der Waals surface area contributed by atoms with E-state index < -0.39 is 0 Å². The summed E-state index contributed by atoms with van der Waals surface area (Å²) in [5.74, 6) is 0.365. The molecule has 6 rings (SSSR count). The summed E-state index contributed by atoms with van der Waals surface area (Å²) in [5, 5.41) is 11.3. The minimum atomic E-state index is -0.168. The second-order valence-electron chi connectivity index (χ2n) is 11.3. The smallest absolute Gasteiger partial charge is 0.276 e. The van der Waals surface area contributed by atoms with Crippen molar-refractivity contribution in [3.63, 3.8) is 0 Å². The fraction of sp³-hybridized carbons (Fsp3) is 0.394. The molecule has 0 radical (unpaired) electrons. The van der Waals surface area contributed by atoms with Crippen molar-refractivity contribution >= 4 is 28.9 Å². The summed E-state index contributed by atoms with van der Waals surface area (Å²) < 4.78 is 1.81. The minimum Gasteiger partial charge on any atom is -0.369 e. The number of fused-ring (bicyclic) bond motifs is 3. The lowest BCUT2D eigenvalue weighted by Crippen LogP contribution is -2.44. The first-order valence-electron chi connectivity index (χ1n) is 15.1. The van der Waals surface area contributed by atoms with Crippen LogP contribution in [-0.2, 0) is 32.7 Å². The van der Waals surface area contributed by atoms with Gasteiger partial charge in [0.15, 0.2) is 5.69 Å². The average Bonchev–Trinajstić information content (AvgIpc) is 3.22. The zero-order valence-electron chi connectivity index (χ0n) is 25.1. The predicted octanol–water partition coefficient (Wildman–Crippen LogP) is 5.24. The molecule has 0 unspecified atom stereocenters. The molecule has 1 amide bonds. The topological polar surface area (TPSA) is 91.2 Å². The summed E-state index contributed by atoms with van der Waals surface area (Å²) in [5.41, 5.74) is 9.57. The van der Waals surface area contributed by atoms with Gasteiger partial charge in [0.05, 0.1) is 11.4 Å². The fourth-order valence-corrected chi connectivity index (χ4v) is 6.12. The van der Waals surface area contributed by atoms with E-state index in [-0.39, 0.29) is 5.91 Å². The normalized spacial score (nSPS) is 15.1. The highest BCUT2D eigenvalue weighted by molar-refractivity contribution is 6.05. The van der Waals surface area contributed by atoms with Crippen LogP contribution in [-0.4, -0.2) is 63.8 Å². The van der Waals surface area contributed by atoms with Crippen LogP contribution < -0.4 is 15.5 Å². The van der Waals surface area contributed by atoms with Crippen molar-refractivity contribution in [2.75, 3.05) is 48.8 Å². The van der Waals surface area contributed by atoms with Crippen molar-refractivity contribution in [3.05, 3.63) is 76.6 Å². The molecule has 1 saturated heterocycles. The van der Waals surface area contributed by atoms with E-state index in [1.165, 1.54) is 5.69 Å². The zero-order chi connectivity index (χ0) is 29.2. The maximum atomic E-state index is 13.7. The molecule has 0 atom stereocenters. The number of benzene rings is 2. The molecular formula is C33H40N8O. The number of aryl methyl sites for hydroxylation is 4. The van der Waals surface area contributed by atoms with E-state index in [0.29, 0.717) is 11.6 Å². The molecule has 0 saturated carbocycles. The van der Waals surface area contributed by atoms with Gasteiger partial charge >= 0.3 is 0 Å². The number of piperazine rings is 1. The maximum absolute atomic E-state index is 13.7. The maximum Gasteiger partial charge on any atom is 0.276 e. The Labute approximate surface area is 248 Å². The standard InChI is InChI=1S/C33H40N8O/c1-5-22-9-7-10-23(6-2)28(22)36-32(42)30-27-12-8-11-24-21-34-33(37-29(24)31(27)40(4)38-30)35-25-13-15-26(16-14-25)41-19-17-39(3)18-20-41/h7,9-10,13-16,21H,5-6,8,11-12,17-20H2,1-4H3,(H,36,42)(H,34,35,37). The van der Waals surface area contributed by atoms with Crippen molar-refractivity contribution in [3.8, 4) is 11.4 Å². The van der Waals surface area contributed by atoms with Crippen LogP contribution in [0.5, 0.6) is 0 Å². The Balaban J connectivity index is 1.26. The van der Waals surface area contributed by atoms with Gasteiger partial charge in [-0.15, -0.1) is 0 Å². The number of carbonyl (C=O) groups is 1. The van der Waals surface area contributed by atoms with Crippen LogP contribution in [0.4, 0.5) is 23.0 Å². The number of rotatable bonds is 7. The van der Waals surface area contributed by atoms with Crippen LogP contribution in [0.15, 0.2) is 48.7 Å². The van der Waals surface area contributed by atoms with Gasteiger partial charge in [-0.25, -0.2) is 9.97 Å². The molecule has 2 aromatic heterocycles. The third-order valence-electron chi connectivity index (χ3n) is 8.55. The first-order valence-corrected chi connectivity index (χ1v) is 15.1. The summed E-state index contributed by atoms with van der Waals surface area (Å²) in [7, 11) is 4.07. The Bertz CT molecular complexity index is 1560. The quantitative estimate of drug-likeness (QED) is 0.317. The molecule has 4 aromatic rings. The summed E-state index contributed by atoms with van der Waals surface area (Å²) in [4.78, 5) is 28.1. The Morgan fingerprint density at radius 2 is 1.64 bits per heavy atom. The van der Waals surface area contributed by atoms with Gasteiger partial charge in [0.1, 0.15) is 0 Å². The van der Waals surface area contributed by atoms with E-state index in [0.717, 1.165) is 103 Å². The molecule has 0 spiro atoms. The number of para-hydroxylation sites is 1. The first-order chi connectivity index (χ1) is 20.4. The van der Waals surface area contributed by atoms with Crippen LogP contribution >= 0.6 is 0 Å². The van der Waals surface area contributed by atoms with Crippen molar-refractivity contribution < 1.29 is 4.79 Å². The van der Waals surface area contributed by atoms with Gasteiger partial charge in [-0.05, 0) is 80.1 Å². The number of amides is 1. The lowest BCUT2D eigenvalue weighted by Gasteiger charge is -2.34. The van der Waals surface area contributed by atoms with Crippen LogP contribution in [0.2, 0.25) is 0 Å². The molecule has 42 heavy (non-hydrogen) atoms. The molecule has 0 bridgehead atoms. The van der Waals surface area contributed by atoms with E-state index in [1.54, 1.807) is 0 Å². The van der Waals surface area contributed by atoms with Crippen LogP contribution in [0.25, 0.3) is 11.4 Å². The highest BCUT2D eigenvalue weighted by Crippen LogP contribution is 2.34. The highest BCUT2D eigenvalue weighted by Gasteiger charge is 2.28. The molecule has 1 fully saturated rings. The molecular weight excluding hydrogens is 524 g/mol. The lowest BCUT2D eigenvalue weighted by atomic mass is 10.0. The molecule has 2 N–H and O–H groups in total. The molecule has 9 nitrogen and oxygen atoms in total. The van der Waals surface area contributed by atoms with Crippen LogP contribution in [0.3, 0.4) is 0 Å². The summed E-state index contributed by atoms with van der Waals surface area (Å²) in [6.45, 7) is 8.45. The van der Waals surface area contributed by atoms with Crippen LogP contribution in [0, 0.1) is 0 Å². The van der Waals surface area contributed by atoms with Gasteiger partial charge in [0.25, 0.3) is 5.91 Å². The van der Waals surface area contributed by atoms with E-state index in [9.17, 15) is 4.79 Å². The fourth-order valence-electron chi connectivity index (χ4n) is 6.12. The van der Waals surface area contributed by atoms with E-state index in [4.69, 9.17) is 10.1 Å². The monoisotopic (exact) mass is 564 g/mol. The second kappa shape index (κ2) is 11.9. The van der Waals surface area contributed by atoms with Gasteiger partial charge in [0.2, 0.25) is 5.95 Å². The molecule has 2 aliphatic rings. The molecule has 2 aromatic carbocycles. The van der Waals surface area contributed by atoms with Gasteiger partial charge in [-0.3, -0.25) is 9.48 Å². The summed E-state index contributed by atoms with van der Waals surface area (Å²) in [6, 6.07) is 14.7. The number of nitrogens with one attached hydrogen (secondary N) is 2. The summed E-state index contributed by atoms with van der Waals surface area (Å²) >= 11 is 0. The van der Waals surface area contributed by atoms with Gasteiger partial charge in [0, 0.05) is 62.0 Å². The Hall–Kier alpha value is -4.24. The number of nitrogens with zero attached hydrogens (tertiary/aromatic N) is 6. The number of aromatic nitrogens is 4. The zero-order valence-corrected chi connectivity index (χ0v) is 25.1. The van der Waals surface area contributed by atoms with Crippen molar-refractivity contribution in [2.45, 2.75) is 46.0 Å². The van der Waals surface area contributed by atoms with E-state index >= 15 is 0 Å². The largest absolute Gasteiger partial charge is 0.369 e. The first kappa shape index (κ1) is 27.9. The minimum absolute atomic E-state index is 0.168. The van der Waals surface area contributed by atoms with Crippen molar-refractivity contribution in [1.82, 2.24) is 24.6 Å². The van der Waals surface area contributed by atoms with E-state index in [2.05, 4.69) is 88.8 Å². The van der Waals surface area contributed by atoms with E-state index in [1.807, 2.05) is 17.9 Å². The van der Waals surface area contributed by atoms with Gasteiger partial charge in [-0.2, -0.15) is 5.10 Å². The number of anilines is 4. The Morgan fingerprint density at radius 3 is 2.33 bits per heavy atom. The Morgan fingerprint density at radius 1 is 0.929 bits per heavy atom. The number of likely N-dealkylation sites (N-methyl/N-ethyl adjacent to an activating group) is 1. The SMILES string of the molecule is CCc1cccc(CC)c1NC(=O)c1nn(C)c2c1CCCc1cnc(Nc3ccc(N4CCN(C)CC4)cc3)nc1-2. The molecule has 218 valence electrons. The third kappa shape index (κ3) is 5.48. The van der Waals surface area contributed by atoms with Crippen molar-refractivity contribution in [2.24, 2.45) is 7.05 Å². The second-order valence-corrected chi connectivity index (χ2v) is 11.3. The van der Waals surface area contributed by atoms with Gasteiger partial charge < -0.3 is 20.4 Å². The Kier molecular flexibility index (Phi) is 7.93. The number of hydrogen-bond acceptors (Lipinski definition) is 7. The van der Waals surface area contributed by atoms with Crippen LogP contribution in [0.1, 0.15) is 53.0 Å². The molecule has 1 aliphatic heterocycles. The summed E-state index contributed by atoms with van der Waals surface area (Å²) in [6.07, 6.45) is 6.13. The highest BCUT2D eigenvalue weighted by atomic mass is 16.2. The molecule has 1 aliphatic carbocycles. The average molecular weight is 565 g/mol. The third-order valence-corrected chi connectivity index (χ3v) is 8.55. The van der Waals surface area contributed by atoms with Gasteiger partial charge in [-0.1, -0.05) is 32.0 Å². The van der Waals surface area contributed by atoms with Crippen molar-refractivity contribution in [1.29, 1.82) is 0 Å². The number of carbonyl (C=O) groups excluding carboxylic acids is 1. The predicted molar refractivity (Wildman–Crippen MR) is 169 cm³/mol. The molecule has 3 heterocycles. The molecule has 9 heteroatoms.